The Bertz CT molecular complexity index is 1030. The second kappa shape index (κ2) is 9.90. The van der Waals surface area contributed by atoms with Crippen molar-refractivity contribution in [3.05, 3.63) is 47.5 Å². The number of aliphatic hydroxyl groups is 2. The van der Waals surface area contributed by atoms with Gasteiger partial charge in [0, 0.05) is 23.0 Å². The van der Waals surface area contributed by atoms with Gasteiger partial charge in [0.15, 0.2) is 0 Å². The van der Waals surface area contributed by atoms with Gasteiger partial charge < -0.3 is 29.2 Å². The molecular formula is C29H36O6. The van der Waals surface area contributed by atoms with Crippen molar-refractivity contribution in [1.29, 1.82) is 0 Å². The summed E-state index contributed by atoms with van der Waals surface area (Å²) in [6, 6.07) is 11.5. The van der Waals surface area contributed by atoms with Crippen molar-refractivity contribution in [2.45, 2.75) is 82.2 Å². The Balaban J connectivity index is 1.19. The molecule has 188 valence electrons. The summed E-state index contributed by atoms with van der Waals surface area (Å²) < 4.78 is 24.5. The van der Waals surface area contributed by atoms with Crippen molar-refractivity contribution in [2.75, 3.05) is 13.2 Å². The lowest BCUT2D eigenvalue weighted by molar-refractivity contribution is -0.0553. The largest absolute Gasteiger partial charge is 0.493 e. The number of hydrogen-bond acceptors (Lipinski definition) is 6. The van der Waals surface area contributed by atoms with Crippen LogP contribution in [0.15, 0.2) is 36.4 Å². The Morgan fingerprint density at radius 1 is 0.600 bits per heavy atom. The van der Waals surface area contributed by atoms with E-state index in [1.807, 2.05) is 36.4 Å². The number of aliphatic hydroxyl groups excluding tert-OH is 2. The molecule has 0 aromatic heterocycles. The van der Waals surface area contributed by atoms with Crippen molar-refractivity contribution in [2.24, 2.45) is 11.8 Å². The molecule has 0 unspecified atom stereocenters. The number of benzene rings is 2. The van der Waals surface area contributed by atoms with Gasteiger partial charge in [-0.15, -0.1) is 0 Å². The first kappa shape index (κ1) is 23.0. The summed E-state index contributed by atoms with van der Waals surface area (Å²) in [6.45, 7) is 0.658. The summed E-state index contributed by atoms with van der Waals surface area (Å²) >= 11 is 0. The van der Waals surface area contributed by atoms with Gasteiger partial charge in [-0.1, -0.05) is 6.42 Å². The van der Waals surface area contributed by atoms with Gasteiger partial charge in [0.05, 0.1) is 37.6 Å². The molecule has 2 heterocycles. The van der Waals surface area contributed by atoms with Crippen molar-refractivity contribution < 1.29 is 29.2 Å². The fraction of sp³-hybridized carbons (Fsp3) is 0.586. The Kier molecular flexibility index (Phi) is 6.50. The first-order valence-electron chi connectivity index (χ1n) is 13.4. The summed E-state index contributed by atoms with van der Waals surface area (Å²) in [5.41, 5.74) is 1.45. The van der Waals surface area contributed by atoms with Gasteiger partial charge in [0.1, 0.15) is 23.0 Å². The van der Waals surface area contributed by atoms with E-state index in [1.54, 1.807) is 0 Å². The third kappa shape index (κ3) is 4.70. The summed E-state index contributed by atoms with van der Waals surface area (Å²) in [5, 5.41) is 22.8. The van der Waals surface area contributed by atoms with E-state index in [0.717, 1.165) is 48.3 Å². The minimum absolute atomic E-state index is 0.241. The molecule has 4 aliphatic rings. The number of rotatable bonds is 5. The smallest absolute Gasteiger partial charge is 0.125 e. The average Bonchev–Trinajstić information content (AvgIpc) is 3.39. The van der Waals surface area contributed by atoms with E-state index in [-0.39, 0.29) is 24.0 Å². The first-order chi connectivity index (χ1) is 17.2. The third-order valence-electron chi connectivity index (χ3n) is 8.28. The minimum atomic E-state index is -0.767. The van der Waals surface area contributed by atoms with Crippen LogP contribution in [0.2, 0.25) is 0 Å². The topological polar surface area (TPSA) is 77.4 Å². The van der Waals surface area contributed by atoms with Crippen molar-refractivity contribution in [1.82, 2.24) is 0 Å². The molecule has 0 amide bonds. The molecule has 2 N–H and O–H groups in total. The maximum absolute atomic E-state index is 11.4. The quantitative estimate of drug-likeness (QED) is 0.588. The Morgan fingerprint density at radius 2 is 1.03 bits per heavy atom. The van der Waals surface area contributed by atoms with Gasteiger partial charge in [0.2, 0.25) is 0 Å². The molecular weight excluding hydrogens is 444 g/mol. The van der Waals surface area contributed by atoms with E-state index >= 15 is 0 Å². The maximum atomic E-state index is 11.4. The van der Waals surface area contributed by atoms with Gasteiger partial charge in [-0.25, -0.2) is 0 Å². The molecule has 0 spiro atoms. The van der Waals surface area contributed by atoms with Crippen molar-refractivity contribution in [3.63, 3.8) is 0 Å². The van der Waals surface area contributed by atoms with Crippen LogP contribution in [0.3, 0.4) is 0 Å². The average molecular weight is 481 g/mol. The first-order valence-corrected chi connectivity index (χ1v) is 13.4. The minimum Gasteiger partial charge on any atom is -0.493 e. The van der Waals surface area contributed by atoms with Crippen molar-refractivity contribution in [3.8, 4) is 23.0 Å². The fourth-order valence-corrected chi connectivity index (χ4v) is 6.23. The van der Waals surface area contributed by atoms with Gasteiger partial charge in [-0.05, 0) is 87.8 Å². The molecule has 0 bridgehead atoms. The van der Waals surface area contributed by atoms with E-state index in [9.17, 15) is 10.2 Å². The molecule has 2 fully saturated rings. The zero-order valence-electron chi connectivity index (χ0n) is 20.2. The molecule has 2 aromatic rings. The van der Waals surface area contributed by atoms with Crippen LogP contribution < -0.4 is 18.9 Å². The predicted molar refractivity (Wildman–Crippen MR) is 131 cm³/mol. The highest BCUT2D eigenvalue weighted by Gasteiger charge is 2.42. The van der Waals surface area contributed by atoms with Crippen LogP contribution in [0, 0.1) is 11.8 Å². The van der Waals surface area contributed by atoms with Crippen LogP contribution in [-0.2, 0) is 0 Å². The fourth-order valence-electron chi connectivity index (χ4n) is 6.23. The molecule has 4 atom stereocenters. The molecule has 35 heavy (non-hydrogen) atoms. The summed E-state index contributed by atoms with van der Waals surface area (Å²) in [7, 11) is 0. The molecule has 2 saturated carbocycles. The second-order valence-electron chi connectivity index (χ2n) is 10.6. The predicted octanol–water partition coefficient (Wildman–Crippen LogP) is 5.50. The van der Waals surface area contributed by atoms with Crippen LogP contribution in [0.1, 0.15) is 81.1 Å². The van der Waals surface area contributed by atoms with Crippen LogP contribution in [0.25, 0.3) is 0 Å². The monoisotopic (exact) mass is 480 g/mol. The molecule has 2 aromatic carbocycles. The van der Waals surface area contributed by atoms with E-state index in [4.69, 9.17) is 18.9 Å². The lowest BCUT2D eigenvalue weighted by atomic mass is 9.77. The molecule has 6 nitrogen and oxygen atoms in total. The van der Waals surface area contributed by atoms with Crippen molar-refractivity contribution >= 4 is 0 Å². The summed E-state index contributed by atoms with van der Waals surface area (Å²) in [4.78, 5) is 0. The molecule has 2 aliphatic carbocycles. The molecule has 6 heteroatoms. The number of hydrogen-bond donors (Lipinski definition) is 2. The molecule has 0 saturated heterocycles. The van der Waals surface area contributed by atoms with Gasteiger partial charge in [-0.2, -0.15) is 0 Å². The highest BCUT2D eigenvalue weighted by atomic mass is 16.5. The van der Waals surface area contributed by atoms with Crippen LogP contribution in [-0.4, -0.2) is 35.6 Å². The maximum Gasteiger partial charge on any atom is 0.125 e. The lowest BCUT2D eigenvalue weighted by Gasteiger charge is -2.40. The molecule has 2 aliphatic heterocycles. The van der Waals surface area contributed by atoms with E-state index in [0.29, 0.717) is 24.7 Å². The Labute approximate surface area is 207 Å². The Hall–Kier alpha value is -2.44. The van der Waals surface area contributed by atoms with Crippen LogP contribution in [0.5, 0.6) is 23.0 Å². The number of fused-ring (bicyclic) bond motifs is 2. The van der Waals surface area contributed by atoms with Crippen LogP contribution >= 0.6 is 0 Å². The Morgan fingerprint density at radius 3 is 1.49 bits per heavy atom. The SMILES string of the molecule is O[C@@H]1c2cc(OC3CCCC3)ccc2OC[C@@H]1[C@@H]1COc2ccc(OC3CCCCC3)cc2[C@@H]1O. The third-order valence-corrected chi connectivity index (χ3v) is 8.28. The normalized spacial score (nSPS) is 29.0. The highest BCUT2D eigenvalue weighted by molar-refractivity contribution is 5.45. The zero-order chi connectivity index (χ0) is 23.8. The highest BCUT2D eigenvalue weighted by Crippen LogP contribution is 2.47. The van der Waals surface area contributed by atoms with Gasteiger partial charge >= 0.3 is 0 Å². The second-order valence-corrected chi connectivity index (χ2v) is 10.6. The standard InChI is InChI=1S/C29H36O6/c30-28-22-14-20(34-18-6-2-1-3-7-18)10-12-26(22)32-16-24(28)25-17-33-27-13-11-21(15-23(27)29(25)31)35-19-8-4-5-9-19/h10-15,18-19,24-25,28-31H,1-9,16-17H2/t24-,25+,28-,29+/m0/s1. The van der Waals surface area contributed by atoms with E-state index in [2.05, 4.69) is 0 Å². The summed E-state index contributed by atoms with van der Waals surface area (Å²) in [5.74, 6) is 2.32. The molecule has 0 radical (unpaired) electrons. The zero-order valence-corrected chi connectivity index (χ0v) is 20.2. The number of ether oxygens (including phenoxy) is 4. The van der Waals surface area contributed by atoms with E-state index < -0.39 is 12.2 Å². The van der Waals surface area contributed by atoms with Gasteiger partial charge in [-0.3, -0.25) is 0 Å². The van der Waals surface area contributed by atoms with Crippen LogP contribution in [0.4, 0.5) is 0 Å². The lowest BCUT2D eigenvalue weighted by Crippen LogP contribution is -2.40. The summed E-state index contributed by atoms with van der Waals surface area (Å²) in [6.07, 6.45) is 9.38. The van der Waals surface area contributed by atoms with E-state index in [1.165, 1.54) is 32.1 Å². The molecule has 6 rings (SSSR count). The van der Waals surface area contributed by atoms with Gasteiger partial charge in [0.25, 0.3) is 0 Å².